The smallest absolute Gasteiger partial charge is 0.255 e. The number of thioether (sulfide) groups is 1. The van der Waals surface area contributed by atoms with Crippen LogP contribution >= 0.6 is 11.8 Å². The Hall–Kier alpha value is -3.05. The van der Waals surface area contributed by atoms with Gasteiger partial charge in [-0.3, -0.25) is 9.59 Å². The molecule has 5 heteroatoms. The summed E-state index contributed by atoms with van der Waals surface area (Å²) in [7, 11) is 0. The average molecular weight is 405 g/mol. The van der Waals surface area contributed by atoms with Crippen LogP contribution in [0.5, 0.6) is 0 Å². The molecule has 0 aliphatic heterocycles. The SMILES string of the molecule is CCc1ccc(NC(=O)CSCc2ccc(C(=O)Nc3ccccc3)cc2)cc1. The van der Waals surface area contributed by atoms with Gasteiger partial charge in [0.2, 0.25) is 5.91 Å². The molecule has 3 rings (SSSR count). The van der Waals surface area contributed by atoms with Gasteiger partial charge in [-0.25, -0.2) is 0 Å². The number of anilines is 2. The minimum Gasteiger partial charge on any atom is -0.325 e. The van der Waals surface area contributed by atoms with Crippen LogP contribution in [0.2, 0.25) is 0 Å². The fourth-order valence-electron chi connectivity index (χ4n) is 2.76. The Morgan fingerprint density at radius 2 is 1.38 bits per heavy atom. The van der Waals surface area contributed by atoms with E-state index in [4.69, 9.17) is 0 Å². The first-order valence-corrected chi connectivity index (χ1v) is 10.7. The summed E-state index contributed by atoms with van der Waals surface area (Å²) in [4.78, 5) is 24.4. The maximum absolute atomic E-state index is 12.3. The lowest BCUT2D eigenvalue weighted by Crippen LogP contribution is -2.14. The Morgan fingerprint density at radius 3 is 2.03 bits per heavy atom. The highest BCUT2D eigenvalue weighted by atomic mass is 32.2. The molecule has 0 atom stereocenters. The molecule has 0 unspecified atom stereocenters. The molecule has 0 radical (unpaired) electrons. The van der Waals surface area contributed by atoms with Gasteiger partial charge in [0.25, 0.3) is 5.91 Å². The van der Waals surface area contributed by atoms with Crippen LogP contribution in [0.1, 0.15) is 28.4 Å². The summed E-state index contributed by atoms with van der Waals surface area (Å²) in [6, 6.07) is 24.8. The first kappa shape index (κ1) is 20.7. The molecule has 2 amide bonds. The summed E-state index contributed by atoms with van der Waals surface area (Å²) in [6.45, 7) is 2.10. The fraction of sp³-hybridized carbons (Fsp3) is 0.167. The number of hydrogen-bond donors (Lipinski definition) is 2. The molecule has 3 aromatic carbocycles. The van der Waals surface area contributed by atoms with Gasteiger partial charge >= 0.3 is 0 Å². The van der Waals surface area contributed by atoms with Crippen LogP contribution in [0.15, 0.2) is 78.9 Å². The lowest BCUT2D eigenvalue weighted by atomic mass is 10.1. The Labute approximate surface area is 175 Å². The number of para-hydroxylation sites is 1. The van der Waals surface area contributed by atoms with Crippen molar-refractivity contribution in [3.05, 3.63) is 95.6 Å². The topological polar surface area (TPSA) is 58.2 Å². The molecule has 3 aromatic rings. The van der Waals surface area contributed by atoms with Crippen molar-refractivity contribution in [3.63, 3.8) is 0 Å². The minimum absolute atomic E-state index is 0.0156. The molecule has 2 N–H and O–H groups in total. The first-order valence-electron chi connectivity index (χ1n) is 9.56. The van der Waals surface area contributed by atoms with Crippen molar-refractivity contribution in [1.82, 2.24) is 0 Å². The second-order valence-corrected chi connectivity index (χ2v) is 7.59. The van der Waals surface area contributed by atoms with Crippen molar-refractivity contribution in [1.29, 1.82) is 0 Å². The number of amides is 2. The highest BCUT2D eigenvalue weighted by molar-refractivity contribution is 7.99. The molecule has 0 fully saturated rings. The third-order valence-corrected chi connectivity index (χ3v) is 5.40. The molecule has 0 saturated carbocycles. The van der Waals surface area contributed by atoms with E-state index in [0.29, 0.717) is 17.1 Å². The third kappa shape index (κ3) is 6.50. The molecule has 0 saturated heterocycles. The van der Waals surface area contributed by atoms with E-state index in [2.05, 4.69) is 17.6 Å². The summed E-state index contributed by atoms with van der Waals surface area (Å²) in [5.41, 5.74) is 4.52. The molecule has 0 bridgehead atoms. The standard InChI is InChI=1S/C24H24N2O2S/c1-2-18-10-14-22(15-11-18)25-23(27)17-29-16-19-8-12-20(13-9-19)24(28)26-21-6-4-3-5-7-21/h3-15H,2,16-17H2,1H3,(H,25,27)(H,26,28). The second-order valence-electron chi connectivity index (χ2n) is 6.61. The van der Waals surface area contributed by atoms with Gasteiger partial charge in [-0.1, -0.05) is 49.4 Å². The van der Waals surface area contributed by atoms with E-state index in [-0.39, 0.29) is 11.8 Å². The van der Waals surface area contributed by atoms with Crippen molar-refractivity contribution in [3.8, 4) is 0 Å². The summed E-state index contributed by atoms with van der Waals surface area (Å²) in [6.07, 6.45) is 0.983. The molecule has 29 heavy (non-hydrogen) atoms. The van der Waals surface area contributed by atoms with Gasteiger partial charge in [0, 0.05) is 22.7 Å². The second kappa shape index (κ2) is 10.5. The molecule has 148 valence electrons. The molecule has 4 nitrogen and oxygen atoms in total. The number of aryl methyl sites for hydroxylation is 1. The zero-order valence-corrected chi connectivity index (χ0v) is 17.2. The highest BCUT2D eigenvalue weighted by Crippen LogP contribution is 2.16. The van der Waals surface area contributed by atoms with Crippen molar-refractivity contribution >= 4 is 35.0 Å². The van der Waals surface area contributed by atoms with Gasteiger partial charge in [0.15, 0.2) is 0 Å². The van der Waals surface area contributed by atoms with Gasteiger partial charge < -0.3 is 10.6 Å². The van der Waals surface area contributed by atoms with E-state index in [1.165, 1.54) is 5.56 Å². The minimum atomic E-state index is -0.135. The number of carbonyl (C=O) groups excluding carboxylic acids is 2. The Balaban J connectivity index is 1.43. The zero-order valence-electron chi connectivity index (χ0n) is 16.4. The van der Waals surface area contributed by atoms with Gasteiger partial charge in [0.1, 0.15) is 0 Å². The lowest BCUT2D eigenvalue weighted by molar-refractivity contribution is -0.113. The third-order valence-electron chi connectivity index (χ3n) is 4.40. The van der Waals surface area contributed by atoms with Gasteiger partial charge in [0.05, 0.1) is 5.75 Å². The molecule has 0 heterocycles. The first-order chi connectivity index (χ1) is 14.1. The van der Waals surface area contributed by atoms with Crippen molar-refractivity contribution in [2.45, 2.75) is 19.1 Å². The Morgan fingerprint density at radius 1 is 0.759 bits per heavy atom. The van der Waals surface area contributed by atoms with Gasteiger partial charge in [-0.05, 0) is 53.9 Å². The zero-order chi connectivity index (χ0) is 20.5. The predicted octanol–water partition coefficient (Wildman–Crippen LogP) is 5.37. The maximum Gasteiger partial charge on any atom is 0.255 e. The van der Waals surface area contributed by atoms with E-state index in [9.17, 15) is 9.59 Å². The maximum atomic E-state index is 12.3. The quantitative estimate of drug-likeness (QED) is 0.530. The number of carbonyl (C=O) groups is 2. The monoisotopic (exact) mass is 404 g/mol. The van der Waals surface area contributed by atoms with Crippen LogP contribution in [0.25, 0.3) is 0 Å². The molecule has 0 aliphatic rings. The van der Waals surface area contributed by atoms with E-state index < -0.39 is 0 Å². The van der Waals surface area contributed by atoms with Crippen molar-refractivity contribution < 1.29 is 9.59 Å². The number of nitrogens with one attached hydrogen (secondary N) is 2. The molecule has 0 spiro atoms. The number of hydrogen-bond acceptors (Lipinski definition) is 3. The van der Waals surface area contributed by atoms with E-state index in [1.54, 1.807) is 11.8 Å². The van der Waals surface area contributed by atoms with Crippen molar-refractivity contribution in [2.75, 3.05) is 16.4 Å². The van der Waals surface area contributed by atoms with Crippen LogP contribution in [0, 0.1) is 0 Å². The normalized spacial score (nSPS) is 10.4. The summed E-state index contributed by atoms with van der Waals surface area (Å²) >= 11 is 1.55. The van der Waals surface area contributed by atoms with Crippen molar-refractivity contribution in [2.24, 2.45) is 0 Å². The van der Waals surface area contributed by atoms with Crippen LogP contribution < -0.4 is 10.6 Å². The molecular formula is C24H24N2O2S. The highest BCUT2D eigenvalue weighted by Gasteiger charge is 2.07. The molecular weight excluding hydrogens is 380 g/mol. The Bertz CT molecular complexity index is 939. The summed E-state index contributed by atoms with van der Waals surface area (Å²) in [5, 5.41) is 5.78. The summed E-state index contributed by atoms with van der Waals surface area (Å²) in [5.74, 6) is 0.941. The lowest BCUT2D eigenvalue weighted by Gasteiger charge is -2.07. The van der Waals surface area contributed by atoms with Gasteiger partial charge in [-0.15, -0.1) is 11.8 Å². The number of rotatable bonds is 8. The fourth-order valence-corrected chi connectivity index (χ4v) is 3.55. The predicted molar refractivity (Wildman–Crippen MR) is 121 cm³/mol. The van der Waals surface area contributed by atoms with E-state index >= 15 is 0 Å². The Kier molecular flexibility index (Phi) is 7.47. The average Bonchev–Trinajstić information content (AvgIpc) is 2.75. The van der Waals surface area contributed by atoms with Crippen LogP contribution in [-0.4, -0.2) is 17.6 Å². The van der Waals surface area contributed by atoms with Crippen LogP contribution in [0.3, 0.4) is 0 Å². The van der Waals surface area contributed by atoms with E-state index in [0.717, 1.165) is 23.4 Å². The van der Waals surface area contributed by atoms with Crippen LogP contribution in [-0.2, 0) is 17.0 Å². The number of benzene rings is 3. The molecule has 0 aromatic heterocycles. The van der Waals surface area contributed by atoms with E-state index in [1.807, 2.05) is 78.9 Å². The largest absolute Gasteiger partial charge is 0.325 e. The molecule has 0 aliphatic carbocycles. The van der Waals surface area contributed by atoms with Gasteiger partial charge in [-0.2, -0.15) is 0 Å². The van der Waals surface area contributed by atoms with Crippen LogP contribution in [0.4, 0.5) is 11.4 Å². The summed E-state index contributed by atoms with van der Waals surface area (Å²) < 4.78 is 0.